The first-order chi connectivity index (χ1) is 8.42. The third kappa shape index (κ3) is 2.62. The molecule has 4 nitrogen and oxygen atoms in total. The van der Waals surface area contributed by atoms with Gasteiger partial charge in [-0.15, -0.1) is 0 Å². The quantitative estimate of drug-likeness (QED) is 0.874. The maximum atomic E-state index is 5.48. The highest BCUT2D eigenvalue weighted by molar-refractivity contribution is 8.14. The molecule has 0 saturated carbocycles. The van der Waals surface area contributed by atoms with Gasteiger partial charge in [0.05, 0.1) is 19.8 Å². The Bertz CT molecular complexity index is 430. The van der Waals surface area contributed by atoms with Crippen LogP contribution in [0, 0.1) is 0 Å². The Labute approximate surface area is 104 Å². The number of amidine groups is 1. The lowest BCUT2D eigenvalue weighted by Gasteiger charge is -2.11. The molecule has 90 valence electrons. The standard InChI is InChI=1S/C12H14N2O2S/c1-2-9(11-15-5-6-16-11)8-10(3-1)14-12-13-4-7-17-12/h1-3,8,11H,4-7H2,(H,13,14). The molecule has 0 atom stereocenters. The summed E-state index contributed by atoms with van der Waals surface area (Å²) in [5, 5.41) is 4.30. The fourth-order valence-corrected chi connectivity index (χ4v) is 2.60. The summed E-state index contributed by atoms with van der Waals surface area (Å²) in [7, 11) is 0. The maximum Gasteiger partial charge on any atom is 0.184 e. The second kappa shape index (κ2) is 5.08. The lowest BCUT2D eigenvalue weighted by molar-refractivity contribution is -0.0440. The van der Waals surface area contributed by atoms with E-state index in [9.17, 15) is 0 Å². The lowest BCUT2D eigenvalue weighted by Crippen LogP contribution is -2.06. The Hall–Kier alpha value is -1.04. The highest BCUT2D eigenvalue weighted by atomic mass is 32.2. The van der Waals surface area contributed by atoms with Crippen LogP contribution >= 0.6 is 11.8 Å². The van der Waals surface area contributed by atoms with Crippen molar-refractivity contribution >= 4 is 22.6 Å². The van der Waals surface area contributed by atoms with Crippen LogP contribution in [0.2, 0.25) is 0 Å². The molecule has 1 fully saturated rings. The van der Waals surface area contributed by atoms with Crippen LogP contribution in [0.1, 0.15) is 11.9 Å². The van der Waals surface area contributed by atoms with Crippen LogP contribution in [-0.2, 0) is 9.47 Å². The first-order valence-corrected chi connectivity index (χ1v) is 6.68. The third-order valence-electron chi connectivity index (χ3n) is 2.62. The zero-order chi connectivity index (χ0) is 11.5. The number of benzene rings is 1. The number of rotatable bonds is 2. The fraction of sp³-hybridized carbons (Fsp3) is 0.417. The second-order valence-corrected chi connectivity index (χ2v) is 4.94. The van der Waals surface area contributed by atoms with E-state index in [1.807, 2.05) is 18.2 Å². The van der Waals surface area contributed by atoms with Gasteiger partial charge in [-0.05, 0) is 12.1 Å². The van der Waals surface area contributed by atoms with Crippen molar-refractivity contribution in [3.8, 4) is 0 Å². The SMILES string of the molecule is c1cc(NC2=NCCS2)cc(C2OCCO2)c1. The van der Waals surface area contributed by atoms with Crippen molar-refractivity contribution in [1.82, 2.24) is 0 Å². The zero-order valence-electron chi connectivity index (χ0n) is 9.39. The third-order valence-corrected chi connectivity index (χ3v) is 3.51. The van der Waals surface area contributed by atoms with Crippen molar-refractivity contribution in [2.75, 3.05) is 30.8 Å². The molecule has 3 rings (SSSR count). The van der Waals surface area contributed by atoms with Crippen LogP contribution in [0.15, 0.2) is 29.3 Å². The van der Waals surface area contributed by atoms with E-state index in [1.54, 1.807) is 11.8 Å². The molecule has 2 aliphatic rings. The molecule has 1 N–H and O–H groups in total. The topological polar surface area (TPSA) is 42.9 Å². The number of thioether (sulfide) groups is 1. The largest absolute Gasteiger partial charge is 0.346 e. The molecule has 0 aliphatic carbocycles. The smallest absolute Gasteiger partial charge is 0.184 e. The van der Waals surface area contributed by atoms with Crippen LogP contribution in [-0.4, -0.2) is 30.7 Å². The minimum atomic E-state index is -0.213. The predicted octanol–water partition coefficient (Wildman–Crippen LogP) is 2.25. The Morgan fingerprint density at radius 3 is 2.94 bits per heavy atom. The van der Waals surface area contributed by atoms with Gasteiger partial charge in [0.1, 0.15) is 0 Å². The number of nitrogens with zero attached hydrogens (tertiary/aromatic N) is 1. The molecular weight excluding hydrogens is 236 g/mol. The van der Waals surface area contributed by atoms with E-state index in [4.69, 9.17) is 9.47 Å². The van der Waals surface area contributed by atoms with Gasteiger partial charge in [0, 0.05) is 17.0 Å². The number of aliphatic imine (C=N–C) groups is 1. The van der Waals surface area contributed by atoms with Crippen LogP contribution in [0.25, 0.3) is 0 Å². The molecule has 0 unspecified atom stereocenters. The summed E-state index contributed by atoms with van der Waals surface area (Å²) < 4.78 is 11.0. The number of nitrogens with one attached hydrogen (secondary N) is 1. The Balaban J connectivity index is 1.73. The van der Waals surface area contributed by atoms with Crippen LogP contribution in [0.3, 0.4) is 0 Å². The second-order valence-electron chi connectivity index (χ2n) is 3.86. The first kappa shape index (κ1) is 11.1. The molecule has 0 radical (unpaired) electrons. The molecule has 0 amide bonds. The van der Waals surface area contributed by atoms with Gasteiger partial charge >= 0.3 is 0 Å². The van der Waals surface area contributed by atoms with Crippen molar-refractivity contribution in [2.24, 2.45) is 4.99 Å². The molecule has 2 heterocycles. The maximum absolute atomic E-state index is 5.48. The van der Waals surface area contributed by atoms with Crippen LogP contribution in [0.5, 0.6) is 0 Å². The van der Waals surface area contributed by atoms with Crippen molar-refractivity contribution in [2.45, 2.75) is 6.29 Å². The van der Waals surface area contributed by atoms with Gasteiger partial charge in [0.15, 0.2) is 11.5 Å². The predicted molar refractivity (Wildman–Crippen MR) is 69.5 cm³/mol. The summed E-state index contributed by atoms with van der Waals surface area (Å²) in [6, 6.07) is 8.10. The molecule has 0 bridgehead atoms. The summed E-state index contributed by atoms with van der Waals surface area (Å²) in [5.41, 5.74) is 2.09. The molecular formula is C12H14N2O2S. The molecule has 0 spiro atoms. The van der Waals surface area contributed by atoms with Gasteiger partial charge in [0.2, 0.25) is 0 Å². The molecule has 0 aromatic heterocycles. The van der Waals surface area contributed by atoms with Gasteiger partial charge < -0.3 is 14.8 Å². The Morgan fingerprint density at radius 1 is 1.29 bits per heavy atom. The van der Waals surface area contributed by atoms with E-state index >= 15 is 0 Å². The van der Waals surface area contributed by atoms with Gasteiger partial charge in [-0.1, -0.05) is 23.9 Å². The van der Waals surface area contributed by atoms with E-state index in [1.165, 1.54) is 0 Å². The van der Waals surface area contributed by atoms with E-state index in [0.29, 0.717) is 13.2 Å². The van der Waals surface area contributed by atoms with Gasteiger partial charge in [-0.3, -0.25) is 4.99 Å². The summed E-state index contributed by atoms with van der Waals surface area (Å²) in [6.07, 6.45) is -0.213. The van der Waals surface area contributed by atoms with Gasteiger partial charge in [-0.25, -0.2) is 0 Å². The van der Waals surface area contributed by atoms with Crippen molar-refractivity contribution < 1.29 is 9.47 Å². The monoisotopic (exact) mass is 250 g/mol. The van der Waals surface area contributed by atoms with Crippen molar-refractivity contribution in [3.05, 3.63) is 29.8 Å². The van der Waals surface area contributed by atoms with Crippen molar-refractivity contribution in [3.63, 3.8) is 0 Å². The fourth-order valence-electron chi connectivity index (χ4n) is 1.85. The molecule has 1 aromatic rings. The van der Waals surface area contributed by atoms with Gasteiger partial charge in [-0.2, -0.15) is 0 Å². The summed E-state index contributed by atoms with van der Waals surface area (Å²) in [6.45, 7) is 2.25. The van der Waals surface area contributed by atoms with Crippen molar-refractivity contribution in [1.29, 1.82) is 0 Å². The Morgan fingerprint density at radius 2 is 2.18 bits per heavy atom. The molecule has 5 heteroatoms. The minimum Gasteiger partial charge on any atom is -0.346 e. The number of ether oxygens (including phenoxy) is 2. The zero-order valence-corrected chi connectivity index (χ0v) is 10.2. The summed E-state index contributed by atoms with van der Waals surface area (Å²) in [5.74, 6) is 1.07. The lowest BCUT2D eigenvalue weighted by atomic mass is 10.2. The summed E-state index contributed by atoms with van der Waals surface area (Å²) in [4.78, 5) is 4.36. The highest BCUT2D eigenvalue weighted by Crippen LogP contribution is 2.26. The van der Waals surface area contributed by atoms with E-state index in [0.717, 1.165) is 28.7 Å². The minimum absolute atomic E-state index is 0.213. The molecule has 17 heavy (non-hydrogen) atoms. The number of hydrogen-bond donors (Lipinski definition) is 1. The average Bonchev–Trinajstić information content (AvgIpc) is 3.01. The molecule has 1 aromatic carbocycles. The molecule has 2 aliphatic heterocycles. The van der Waals surface area contributed by atoms with E-state index in [-0.39, 0.29) is 6.29 Å². The number of hydrogen-bond acceptors (Lipinski definition) is 5. The first-order valence-electron chi connectivity index (χ1n) is 5.69. The summed E-state index contributed by atoms with van der Waals surface area (Å²) >= 11 is 1.75. The van der Waals surface area contributed by atoms with E-state index in [2.05, 4.69) is 16.4 Å². The normalized spacial score (nSPS) is 20.6. The highest BCUT2D eigenvalue weighted by Gasteiger charge is 2.18. The number of anilines is 1. The average molecular weight is 250 g/mol. The van der Waals surface area contributed by atoms with Gasteiger partial charge in [0.25, 0.3) is 0 Å². The van der Waals surface area contributed by atoms with Crippen LogP contribution in [0.4, 0.5) is 5.69 Å². The Kier molecular flexibility index (Phi) is 3.31. The molecule has 1 saturated heterocycles. The van der Waals surface area contributed by atoms with E-state index < -0.39 is 0 Å². The van der Waals surface area contributed by atoms with Crippen LogP contribution < -0.4 is 5.32 Å².